The Labute approximate surface area is 116 Å². The van der Waals surface area contributed by atoms with E-state index < -0.39 is 0 Å². The maximum atomic E-state index is 5.07. The van der Waals surface area contributed by atoms with E-state index in [0.29, 0.717) is 24.7 Å². The molecule has 3 rings (SSSR count). The Balaban J connectivity index is 1.75. The van der Waals surface area contributed by atoms with Gasteiger partial charge in [0.2, 0.25) is 5.89 Å². The summed E-state index contributed by atoms with van der Waals surface area (Å²) in [5, 5.41) is 8.08. The summed E-state index contributed by atoms with van der Waals surface area (Å²) in [4.78, 5) is 12.7. The van der Waals surface area contributed by atoms with Crippen LogP contribution in [0.2, 0.25) is 0 Å². The zero-order valence-corrected chi connectivity index (χ0v) is 11.4. The molecule has 0 saturated heterocycles. The summed E-state index contributed by atoms with van der Waals surface area (Å²) in [6.07, 6.45) is 2.23. The van der Waals surface area contributed by atoms with Crippen molar-refractivity contribution in [3.8, 4) is 0 Å². The average Bonchev–Trinajstić information content (AvgIpc) is 2.85. The first kappa shape index (κ1) is 12.5. The molecule has 6 heteroatoms. The van der Waals surface area contributed by atoms with Crippen LogP contribution in [-0.2, 0) is 6.42 Å². The van der Waals surface area contributed by atoms with Crippen LogP contribution in [0.25, 0.3) is 10.9 Å². The lowest BCUT2D eigenvalue weighted by molar-refractivity contribution is 0.377. The van der Waals surface area contributed by atoms with Crippen molar-refractivity contribution >= 4 is 16.7 Å². The molecule has 0 spiro atoms. The highest BCUT2D eigenvalue weighted by Crippen LogP contribution is 2.20. The highest BCUT2D eigenvalue weighted by molar-refractivity contribution is 5.89. The van der Waals surface area contributed by atoms with Crippen molar-refractivity contribution in [2.45, 2.75) is 20.3 Å². The topological polar surface area (TPSA) is 76.7 Å². The highest BCUT2D eigenvalue weighted by Gasteiger charge is 2.05. The van der Waals surface area contributed by atoms with Gasteiger partial charge in [0.15, 0.2) is 5.82 Å². The normalized spacial score (nSPS) is 10.9. The van der Waals surface area contributed by atoms with Gasteiger partial charge in [-0.1, -0.05) is 16.8 Å². The standard InChI is InChI=1S/C14H15N5O/c1-9-3-4-12-11(7-9)14(17-8-16-12)15-6-5-13-18-10(2)19-20-13/h3-4,7-8H,5-6H2,1-2H3,(H,15,16,17). The van der Waals surface area contributed by atoms with Gasteiger partial charge in [-0.2, -0.15) is 4.98 Å². The van der Waals surface area contributed by atoms with Gasteiger partial charge in [-0.3, -0.25) is 0 Å². The van der Waals surface area contributed by atoms with Crippen LogP contribution in [0.4, 0.5) is 5.82 Å². The summed E-state index contributed by atoms with van der Waals surface area (Å²) in [7, 11) is 0. The molecule has 0 atom stereocenters. The zero-order valence-electron chi connectivity index (χ0n) is 11.4. The van der Waals surface area contributed by atoms with E-state index in [4.69, 9.17) is 4.52 Å². The molecular formula is C14H15N5O. The first-order chi connectivity index (χ1) is 9.72. The maximum Gasteiger partial charge on any atom is 0.228 e. The molecule has 2 heterocycles. The molecule has 0 bridgehead atoms. The second-order valence-electron chi connectivity index (χ2n) is 4.65. The minimum atomic E-state index is 0.629. The van der Waals surface area contributed by atoms with Gasteiger partial charge in [0.05, 0.1) is 5.52 Å². The number of nitrogens with one attached hydrogen (secondary N) is 1. The molecule has 20 heavy (non-hydrogen) atoms. The Morgan fingerprint density at radius 2 is 2.10 bits per heavy atom. The van der Waals surface area contributed by atoms with Crippen molar-refractivity contribution in [3.63, 3.8) is 0 Å². The monoisotopic (exact) mass is 269 g/mol. The minimum Gasteiger partial charge on any atom is -0.369 e. The van der Waals surface area contributed by atoms with Crippen molar-refractivity contribution in [1.29, 1.82) is 0 Å². The molecule has 0 aliphatic heterocycles. The van der Waals surface area contributed by atoms with Gasteiger partial charge >= 0.3 is 0 Å². The average molecular weight is 269 g/mol. The van der Waals surface area contributed by atoms with E-state index >= 15 is 0 Å². The van der Waals surface area contributed by atoms with Crippen molar-refractivity contribution in [3.05, 3.63) is 41.8 Å². The van der Waals surface area contributed by atoms with Gasteiger partial charge in [0, 0.05) is 18.4 Å². The van der Waals surface area contributed by atoms with Gasteiger partial charge in [-0.25, -0.2) is 9.97 Å². The van der Waals surface area contributed by atoms with Crippen LogP contribution < -0.4 is 5.32 Å². The smallest absolute Gasteiger partial charge is 0.228 e. The SMILES string of the molecule is Cc1ccc2ncnc(NCCc3nc(C)no3)c2c1. The molecule has 0 radical (unpaired) electrons. The van der Waals surface area contributed by atoms with Crippen LogP contribution >= 0.6 is 0 Å². The van der Waals surface area contributed by atoms with Crippen molar-refractivity contribution in [2.24, 2.45) is 0 Å². The lowest BCUT2D eigenvalue weighted by Gasteiger charge is -2.07. The number of fused-ring (bicyclic) bond motifs is 1. The van der Waals surface area contributed by atoms with Gasteiger partial charge in [0.25, 0.3) is 0 Å². The van der Waals surface area contributed by atoms with E-state index in [9.17, 15) is 0 Å². The summed E-state index contributed by atoms with van der Waals surface area (Å²) in [5.41, 5.74) is 2.12. The second-order valence-corrected chi connectivity index (χ2v) is 4.65. The number of aryl methyl sites for hydroxylation is 2. The van der Waals surface area contributed by atoms with Crippen molar-refractivity contribution in [2.75, 3.05) is 11.9 Å². The molecule has 0 saturated carbocycles. The molecule has 0 fully saturated rings. The van der Waals surface area contributed by atoms with E-state index in [1.807, 2.05) is 12.1 Å². The Kier molecular flexibility index (Phi) is 3.28. The fourth-order valence-corrected chi connectivity index (χ4v) is 2.04. The summed E-state index contributed by atoms with van der Waals surface area (Å²) in [5.74, 6) is 2.11. The lowest BCUT2D eigenvalue weighted by Crippen LogP contribution is -2.07. The number of hydrogen-bond donors (Lipinski definition) is 1. The molecule has 1 aromatic carbocycles. The predicted octanol–water partition coefficient (Wildman–Crippen LogP) is 2.28. The molecule has 2 aromatic heterocycles. The van der Waals surface area contributed by atoms with E-state index in [-0.39, 0.29) is 0 Å². The van der Waals surface area contributed by atoms with Crippen molar-refractivity contribution in [1.82, 2.24) is 20.1 Å². The van der Waals surface area contributed by atoms with Crippen LogP contribution in [0.15, 0.2) is 29.0 Å². The quantitative estimate of drug-likeness (QED) is 0.783. The summed E-state index contributed by atoms with van der Waals surface area (Å²) >= 11 is 0. The Bertz CT molecular complexity index is 737. The van der Waals surface area contributed by atoms with Crippen LogP contribution in [0.1, 0.15) is 17.3 Å². The van der Waals surface area contributed by atoms with Crippen LogP contribution in [0.5, 0.6) is 0 Å². The molecular weight excluding hydrogens is 254 g/mol. The fraction of sp³-hybridized carbons (Fsp3) is 0.286. The fourth-order valence-electron chi connectivity index (χ4n) is 2.04. The van der Waals surface area contributed by atoms with Gasteiger partial charge in [-0.15, -0.1) is 0 Å². The number of benzene rings is 1. The lowest BCUT2D eigenvalue weighted by atomic mass is 10.1. The van der Waals surface area contributed by atoms with E-state index in [2.05, 4.69) is 38.4 Å². The minimum absolute atomic E-state index is 0.629. The number of anilines is 1. The van der Waals surface area contributed by atoms with Crippen molar-refractivity contribution < 1.29 is 4.52 Å². The van der Waals surface area contributed by atoms with Crippen LogP contribution in [0.3, 0.4) is 0 Å². The van der Waals surface area contributed by atoms with Gasteiger partial charge in [-0.05, 0) is 26.0 Å². The van der Waals surface area contributed by atoms with Gasteiger partial charge < -0.3 is 9.84 Å². The number of aromatic nitrogens is 4. The molecule has 0 aliphatic carbocycles. The summed E-state index contributed by atoms with van der Waals surface area (Å²) in [6.45, 7) is 4.54. The van der Waals surface area contributed by atoms with Gasteiger partial charge in [0.1, 0.15) is 12.1 Å². The van der Waals surface area contributed by atoms with Crippen LogP contribution in [-0.4, -0.2) is 26.7 Å². The largest absolute Gasteiger partial charge is 0.369 e. The maximum absolute atomic E-state index is 5.07. The molecule has 1 N–H and O–H groups in total. The zero-order chi connectivity index (χ0) is 13.9. The number of nitrogens with zero attached hydrogens (tertiary/aromatic N) is 4. The number of hydrogen-bond acceptors (Lipinski definition) is 6. The highest BCUT2D eigenvalue weighted by atomic mass is 16.5. The first-order valence-corrected chi connectivity index (χ1v) is 6.47. The second kappa shape index (κ2) is 5.24. The van der Waals surface area contributed by atoms with E-state index in [0.717, 1.165) is 16.7 Å². The number of rotatable bonds is 4. The Morgan fingerprint density at radius 1 is 1.20 bits per heavy atom. The molecule has 0 aliphatic rings. The Morgan fingerprint density at radius 3 is 2.90 bits per heavy atom. The Hall–Kier alpha value is -2.50. The summed E-state index contributed by atoms with van der Waals surface area (Å²) < 4.78 is 5.07. The van der Waals surface area contributed by atoms with E-state index in [1.54, 1.807) is 13.3 Å². The third-order valence-corrected chi connectivity index (χ3v) is 2.99. The molecule has 0 amide bonds. The molecule has 0 unspecified atom stereocenters. The van der Waals surface area contributed by atoms with E-state index in [1.165, 1.54) is 5.56 Å². The predicted molar refractivity (Wildman–Crippen MR) is 75.5 cm³/mol. The summed E-state index contributed by atoms with van der Waals surface area (Å²) in [6, 6.07) is 6.12. The molecule has 3 aromatic rings. The first-order valence-electron chi connectivity index (χ1n) is 6.47. The third kappa shape index (κ3) is 2.59. The third-order valence-electron chi connectivity index (χ3n) is 2.99. The molecule has 102 valence electrons. The molecule has 6 nitrogen and oxygen atoms in total. The van der Waals surface area contributed by atoms with Crippen LogP contribution in [0, 0.1) is 13.8 Å².